The summed E-state index contributed by atoms with van der Waals surface area (Å²) in [5.74, 6) is 3.89. The molecule has 5 rings (SSSR count). The summed E-state index contributed by atoms with van der Waals surface area (Å²) in [5, 5.41) is 0. The highest BCUT2D eigenvalue weighted by atomic mass is 32.1. The molecule has 47 heavy (non-hydrogen) atoms. The molecule has 0 fully saturated rings. The van der Waals surface area contributed by atoms with Crippen molar-refractivity contribution in [3.05, 3.63) is 48.0 Å². The maximum Gasteiger partial charge on any atom is 0.310 e. The summed E-state index contributed by atoms with van der Waals surface area (Å²) >= 11 is 4.68. The van der Waals surface area contributed by atoms with Gasteiger partial charge in [0.25, 0.3) is 0 Å². The van der Waals surface area contributed by atoms with Crippen molar-refractivity contribution >= 4 is 49.4 Å². The van der Waals surface area contributed by atoms with E-state index in [1.165, 1.54) is 0 Å². The Morgan fingerprint density at radius 1 is 0.660 bits per heavy atom. The van der Waals surface area contributed by atoms with Gasteiger partial charge in [0, 0.05) is 4.88 Å². The second kappa shape index (κ2) is 14.9. The van der Waals surface area contributed by atoms with Gasteiger partial charge in [-0.1, -0.05) is 12.1 Å². The summed E-state index contributed by atoms with van der Waals surface area (Å²) in [5.41, 5.74) is 2.48. The van der Waals surface area contributed by atoms with Gasteiger partial charge in [0.2, 0.25) is 0 Å². The second-order valence-corrected chi connectivity index (χ2v) is 14.1. The summed E-state index contributed by atoms with van der Waals surface area (Å²) in [6, 6.07) is 13.6. The average molecular weight is 697 g/mol. The van der Waals surface area contributed by atoms with E-state index >= 15 is 0 Å². The Bertz CT molecular complexity index is 1860. The number of esters is 1. The van der Waals surface area contributed by atoms with Crippen molar-refractivity contribution in [1.29, 1.82) is 0 Å². The van der Waals surface area contributed by atoms with Gasteiger partial charge in [-0.2, -0.15) is 0 Å². The third-order valence-electron chi connectivity index (χ3n) is 7.12. The van der Waals surface area contributed by atoms with Gasteiger partial charge in [-0.05, 0) is 70.5 Å². The molecule has 0 amide bonds. The summed E-state index contributed by atoms with van der Waals surface area (Å²) in [6.45, 7) is 10.1. The minimum absolute atomic E-state index is 0.0328. The van der Waals surface area contributed by atoms with E-state index in [2.05, 4.69) is 0 Å². The molecule has 8 nitrogen and oxygen atoms in total. The first kappa shape index (κ1) is 34.4. The third kappa shape index (κ3) is 6.88. The van der Waals surface area contributed by atoms with Crippen LogP contribution >= 0.6 is 34.0 Å². The van der Waals surface area contributed by atoms with Gasteiger partial charge in [-0.15, -0.1) is 34.0 Å². The quantitative estimate of drug-likeness (QED) is 0.106. The van der Waals surface area contributed by atoms with E-state index in [1.54, 1.807) is 62.4 Å². The number of methoxy groups -OCH3 is 4. The standard InChI is InChI=1S/C36H40O8S3/c1-10-42-27(37)18-21-17-26(28-22(38-6)13-11-15-24(28)43-19(2)3)45-32(21)34-31(41-9)36-35(47-34)30(40-8)33(46-36)29-23(39-7)14-12-16-25(29)44-20(4)5/h11-17,19-20H,10,18H2,1-9H3. The van der Waals surface area contributed by atoms with Gasteiger partial charge >= 0.3 is 5.97 Å². The van der Waals surface area contributed by atoms with Crippen LogP contribution in [0.1, 0.15) is 40.2 Å². The molecule has 0 aliphatic heterocycles. The summed E-state index contributed by atoms with van der Waals surface area (Å²) in [6.07, 6.45) is 0.0260. The molecule has 0 atom stereocenters. The van der Waals surface area contributed by atoms with E-state index in [1.807, 2.05) is 77.1 Å². The first-order valence-electron chi connectivity index (χ1n) is 15.3. The molecule has 0 saturated heterocycles. The third-order valence-corrected chi connectivity index (χ3v) is 11.0. The van der Waals surface area contributed by atoms with Crippen LogP contribution in [-0.2, 0) is 16.0 Å². The predicted octanol–water partition coefficient (Wildman–Crippen LogP) is 9.74. The summed E-state index contributed by atoms with van der Waals surface area (Å²) in [4.78, 5) is 16.5. The lowest BCUT2D eigenvalue weighted by atomic mass is 10.1. The number of rotatable bonds is 14. The van der Waals surface area contributed by atoms with Crippen LogP contribution in [0.4, 0.5) is 0 Å². The smallest absolute Gasteiger partial charge is 0.310 e. The lowest BCUT2D eigenvalue weighted by Gasteiger charge is -2.17. The van der Waals surface area contributed by atoms with Crippen molar-refractivity contribution in [2.45, 2.75) is 53.2 Å². The highest BCUT2D eigenvalue weighted by Crippen LogP contribution is 2.59. The molecule has 0 bridgehead atoms. The fourth-order valence-electron chi connectivity index (χ4n) is 5.36. The molecular formula is C36H40O8S3. The van der Waals surface area contributed by atoms with Crippen LogP contribution in [0.15, 0.2) is 42.5 Å². The number of carbonyl (C=O) groups excluding carboxylic acids is 1. The molecule has 2 aromatic carbocycles. The summed E-state index contributed by atoms with van der Waals surface area (Å²) in [7, 11) is 6.63. The average Bonchev–Trinajstić information content (AvgIpc) is 3.71. The molecule has 11 heteroatoms. The molecule has 0 aliphatic carbocycles. The van der Waals surface area contributed by atoms with Crippen molar-refractivity contribution in [2.24, 2.45) is 0 Å². The maximum absolute atomic E-state index is 12.9. The van der Waals surface area contributed by atoms with Crippen LogP contribution in [0, 0.1) is 0 Å². The molecule has 0 aliphatic rings. The van der Waals surface area contributed by atoms with E-state index in [-0.39, 0.29) is 24.6 Å². The van der Waals surface area contributed by atoms with Gasteiger partial charge < -0.3 is 33.2 Å². The highest BCUT2D eigenvalue weighted by molar-refractivity contribution is 7.34. The first-order chi connectivity index (χ1) is 22.6. The number of thiophene rings is 3. The Kier molecular flexibility index (Phi) is 10.9. The van der Waals surface area contributed by atoms with Crippen molar-refractivity contribution in [3.8, 4) is 65.1 Å². The fraction of sp³-hybridized carbons (Fsp3) is 0.361. The molecule has 0 saturated carbocycles. The van der Waals surface area contributed by atoms with Gasteiger partial charge in [0.15, 0.2) is 11.5 Å². The van der Waals surface area contributed by atoms with Crippen LogP contribution in [-0.4, -0.2) is 53.2 Å². The lowest BCUT2D eigenvalue weighted by Crippen LogP contribution is -2.07. The molecule has 0 radical (unpaired) electrons. The van der Waals surface area contributed by atoms with Crippen LogP contribution in [0.25, 0.3) is 40.0 Å². The Balaban J connectivity index is 1.74. The number of hydrogen-bond acceptors (Lipinski definition) is 11. The maximum atomic E-state index is 12.9. The van der Waals surface area contributed by atoms with Crippen molar-refractivity contribution in [1.82, 2.24) is 0 Å². The van der Waals surface area contributed by atoms with Crippen molar-refractivity contribution in [3.63, 3.8) is 0 Å². The fourth-order valence-corrected chi connectivity index (χ4v) is 9.58. The Morgan fingerprint density at radius 2 is 1.17 bits per heavy atom. The number of carbonyl (C=O) groups is 1. The Hall–Kier alpha value is -3.93. The van der Waals surface area contributed by atoms with Crippen LogP contribution in [0.2, 0.25) is 0 Å². The van der Waals surface area contributed by atoms with Crippen LogP contribution in [0.3, 0.4) is 0 Å². The van der Waals surface area contributed by atoms with Crippen molar-refractivity contribution < 1.29 is 38.0 Å². The zero-order valence-corrected chi connectivity index (χ0v) is 30.6. The number of benzene rings is 2. The predicted molar refractivity (Wildman–Crippen MR) is 192 cm³/mol. The van der Waals surface area contributed by atoms with E-state index in [0.29, 0.717) is 41.1 Å². The van der Waals surface area contributed by atoms with Gasteiger partial charge in [-0.3, -0.25) is 4.79 Å². The molecule has 3 heterocycles. The normalized spacial score (nSPS) is 11.3. The molecular weight excluding hydrogens is 657 g/mol. The first-order valence-corrected chi connectivity index (χ1v) is 17.7. The minimum atomic E-state index is -0.303. The SMILES string of the molecule is CCOC(=O)Cc1cc(-c2c(OC)cccc2OC(C)C)sc1-c1sc2c(OC)c(-c3c(OC)cccc3OC(C)C)sc2c1OC. The molecule has 250 valence electrons. The second-order valence-electron chi connectivity index (χ2n) is 11.0. The van der Waals surface area contributed by atoms with Crippen molar-refractivity contribution in [2.75, 3.05) is 35.0 Å². The number of hydrogen-bond donors (Lipinski definition) is 0. The number of ether oxygens (including phenoxy) is 7. The van der Waals surface area contributed by atoms with E-state index in [4.69, 9.17) is 33.2 Å². The Morgan fingerprint density at radius 3 is 1.70 bits per heavy atom. The van der Waals surface area contributed by atoms with Gasteiger partial charge in [-0.25, -0.2) is 0 Å². The number of fused-ring (bicyclic) bond motifs is 1. The monoisotopic (exact) mass is 696 g/mol. The van der Waals surface area contributed by atoms with Gasteiger partial charge in [0.1, 0.15) is 23.0 Å². The largest absolute Gasteiger partial charge is 0.496 e. The topological polar surface area (TPSA) is 81.7 Å². The van der Waals surface area contributed by atoms with Gasteiger partial charge in [0.05, 0.1) is 88.8 Å². The minimum Gasteiger partial charge on any atom is -0.496 e. The van der Waals surface area contributed by atoms with E-state index in [0.717, 1.165) is 45.6 Å². The lowest BCUT2D eigenvalue weighted by molar-refractivity contribution is -0.142. The molecule has 0 unspecified atom stereocenters. The van der Waals surface area contributed by atoms with E-state index < -0.39 is 0 Å². The van der Waals surface area contributed by atoms with E-state index in [9.17, 15) is 4.79 Å². The molecule has 0 N–H and O–H groups in total. The highest BCUT2D eigenvalue weighted by Gasteiger charge is 2.30. The zero-order valence-electron chi connectivity index (χ0n) is 28.1. The zero-order chi connectivity index (χ0) is 33.8. The van der Waals surface area contributed by atoms with Crippen LogP contribution < -0.4 is 28.4 Å². The Labute approximate surface area is 287 Å². The molecule has 3 aromatic heterocycles. The molecule has 0 spiro atoms. The summed E-state index contributed by atoms with van der Waals surface area (Å²) < 4.78 is 43.5. The van der Waals surface area contributed by atoms with Crippen LogP contribution in [0.5, 0.6) is 34.5 Å². The molecule has 5 aromatic rings.